The molecule has 7 nitrogen and oxygen atoms in total. The van der Waals surface area contributed by atoms with Crippen LogP contribution in [0.25, 0.3) is 10.9 Å². The molecule has 1 aliphatic rings. The molecule has 0 atom stereocenters. The van der Waals surface area contributed by atoms with Gasteiger partial charge in [0.1, 0.15) is 5.82 Å². The molecule has 0 spiro atoms. The number of nitrogens with one attached hydrogen (secondary N) is 1. The van der Waals surface area contributed by atoms with E-state index in [4.69, 9.17) is 5.73 Å². The summed E-state index contributed by atoms with van der Waals surface area (Å²) < 4.78 is 1.72. The first kappa shape index (κ1) is 20.1. The molecule has 0 saturated carbocycles. The van der Waals surface area contributed by atoms with E-state index < -0.39 is 0 Å². The summed E-state index contributed by atoms with van der Waals surface area (Å²) in [6.45, 7) is 5.76. The maximum atomic E-state index is 13.1. The van der Waals surface area contributed by atoms with E-state index in [2.05, 4.69) is 42.2 Å². The molecule has 0 aliphatic carbocycles. The highest BCUT2D eigenvalue weighted by atomic mass is 16.2. The van der Waals surface area contributed by atoms with Gasteiger partial charge < -0.3 is 20.9 Å². The van der Waals surface area contributed by atoms with Crippen LogP contribution < -0.4 is 16.0 Å². The summed E-state index contributed by atoms with van der Waals surface area (Å²) in [5.74, 6) is 0.910. The fourth-order valence-electron chi connectivity index (χ4n) is 3.96. The average Bonchev–Trinajstić information content (AvgIpc) is 3.16. The monoisotopic (exact) mass is 406 g/mol. The van der Waals surface area contributed by atoms with Gasteiger partial charge in [-0.2, -0.15) is 0 Å². The molecule has 1 aromatic carbocycles. The molecule has 2 aromatic heterocycles. The fraction of sp³-hybridized carbons (Fsp3) is 0.391. The van der Waals surface area contributed by atoms with E-state index in [1.807, 2.05) is 47.6 Å². The van der Waals surface area contributed by atoms with Crippen LogP contribution in [0.15, 0.2) is 48.8 Å². The molecule has 3 N–H and O–H groups in total. The average molecular weight is 407 g/mol. The summed E-state index contributed by atoms with van der Waals surface area (Å²) in [4.78, 5) is 21.8. The van der Waals surface area contributed by atoms with Crippen molar-refractivity contribution in [3.05, 3.63) is 48.8 Å². The Bertz CT molecular complexity index is 1040. The molecular weight excluding hydrogens is 376 g/mol. The number of nitrogens with zero attached hydrogens (tertiary/aromatic N) is 4. The highest BCUT2D eigenvalue weighted by Crippen LogP contribution is 2.27. The number of amides is 1. The van der Waals surface area contributed by atoms with Crippen molar-refractivity contribution in [3.63, 3.8) is 0 Å². The normalized spacial score (nSPS) is 15.0. The summed E-state index contributed by atoms with van der Waals surface area (Å²) in [7, 11) is 2.09. The first-order chi connectivity index (χ1) is 14.4. The van der Waals surface area contributed by atoms with Gasteiger partial charge in [0, 0.05) is 55.7 Å². The Kier molecular flexibility index (Phi) is 5.53. The third-order valence-corrected chi connectivity index (χ3v) is 5.97. The number of hydrogen-bond donors (Lipinski definition) is 2. The van der Waals surface area contributed by atoms with Crippen molar-refractivity contribution in [1.82, 2.24) is 14.5 Å². The van der Waals surface area contributed by atoms with E-state index in [9.17, 15) is 4.79 Å². The van der Waals surface area contributed by atoms with Gasteiger partial charge in [0.15, 0.2) is 0 Å². The van der Waals surface area contributed by atoms with E-state index in [0.29, 0.717) is 30.9 Å². The number of likely N-dealkylation sites (tertiary alicyclic amines) is 1. The van der Waals surface area contributed by atoms with Gasteiger partial charge in [0.25, 0.3) is 0 Å². The molecule has 3 aromatic rings. The molecule has 1 amide bonds. The van der Waals surface area contributed by atoms with E-state index in [1.54, 1.807) is 4.57 Å². The Morgan fingerprint density at radius 1 is 1.23 bits per heavy atom. The van der Waals surface area contributed by atoms with Crippen LogP contribution in [-0.2, 0) is 0 Å². The van der Waals surface area contributed by atoms with Crippen molar-refractivity contribution in [3.8, 4) is 0 Å². The molecule has 30 heavy (non-hydrogen) atoms. The predicted molar refractivity (Wildman–Crippen MR) is 123 cm³/mol. The number of carbonyl (C=O) groups is 1. The third-order valence-electron chi connectivity index (χ3n) is 5.97. The fourth-order valence-corrected chi connectivity index (χ4v) is 3.96. The zero-order chi connectivity index (χ0) is 21.3. The Balaban J connectivity index is 1.41. The van der Waals surface area contributed by atoms with Crippen LogP contribution >= 0.6 is 0 Å². The zero-order valence-electron chi connectivity index (χ0n) is 17.9. The van der Waals surface area contributed by atoms with E-state index in [0.717, 1.165) is 35.2 Å². The van der Waals surface area contributed by atoms with Gasteiger partial charge in [0.2, 0.25) is 0 Å². The number of carbonyl (C=O) groups excluding carboxylic acids is 1. The van der Waals surface area contributed by atoms with Crippen molar-refractivity contribution in [2.45, 2.75) is 38.8 Å². The highest BCUT2D eigenvalue weighted by molar-refractivity contribution is 5.93. The van der Waals surface area contributed by atoms with Gasteiger partial charge in [-0.05, 0) is 63.1 Å². The van der Waals surface area contributed by atoms with Crippen LogP contribution in [0, 0.1) is 0 Å². The lowest BCUT2D eigenvalue weighted by molar-refractivity contribution is 0.186. The number of benzene rings is 1. The largest absolute Gasteiger partial charge is 0.399 e. The number of nitrogens with two attached hydrogens (primary N) is 1. The quantitative estimate of drug-likeness (QED) is 0.640. The van der Waals surface area contributed by atoms with Crippen LogP contribution in [0.5, 0.6) is 0 Å². The smallest absolute Gasteiger partial charge is 0.328 e. The van der Waals surface area contributed by atoms with Crippen molar-refractivity contribution in [2.75, 3.05) is 36.1 Å². The molecule has 1 aliphatic heterocycles. The molecule has 0 bridgehead atoms. The molecular formula is C23H30N6O. The molecule has 1 fully saturated rings. The number of aromatic nitrogens is 2. The molecule has 4 rings (SSSR count). The van der Waals surface area contributed by atoms with E-state index in [1.165, 1.54) is 0 Å². The van der Waals surface area contributed by atoms with E-state index >= 15 is 0 Å². The highest BCUT2D eigenvalue weighted by Gasteiger charge is 2.25. The standard InChI is InChI=1S/C23H30N6O/c1-16(2)27(3)21-5-4-11-25-22(21)26-19-9-12-28(13-10-19)23(30)29-14-8-17-15-18(24)6-7-20(17)29/h4-8,11,14-16,19H,9-10,12-13,24H2,1-3H3,(H,25,26). The molecule has 158 valence electrons. The summed E-state index contributed by atoms with van der Waals surface area (Å²) in [5, 5.41) is 4.59. The summed E-state index contributed by atoms with van der Waals surface area (Å²) in [5.41, 5.74) is 8.56. The lowest BCUT2D eigenvalue weighted by Gasteiger charge is -2.34. The Morgan fingerprint density at radius 3 is 2.73 bits per heavy atom. The second-order valence-corrected chi connectivity index (χ2v) is 8.27. The minimum absolute atomic E-state index is 0.0197. The van der Waals surface area contributed by atoms with Gasteiger partial charge >= 0.3 is 6.03 Å². The minimum atomic E-state index is 0.0197. The van der Waals surface area contributed by atoms with Crippen molar-refractivity contribution < 1.29 is 4.79 Å². The second-order valence-electron chi connectivity index (χ2n) is 8.27. The van der Waals surface area contributed by atoms with Crippen molar-refractivity contribution in [1.29, 1.82) is 0 Å². The molecule has 0 unspecified atom stereocenters. The SMILES string of the molecule is CC(C)N(C)c1cccnc1NC1CCN(C(=O)n2ccc3cc(N)ccc32)CC1. The van der Waals surface area contributed by atoms with Crippen LogP contribution in [0.4, 0.5) is 22.0 Å². The lowest BCUT2D eigenvalue weighted by Crippen LogP contribution is -2.44. The predicted octanol–water partition coefficient (Wildman–Crippen LogP) is 4.01. The van der Waals surface area contributed by atoms with Gasteiger partial charge in [-0.25, -0.2) is 9.78 Å². The van der Waals surface area contributed by atoms with Gasteiger partial charge in [0.05, 0.1) is 11.2 Å². The van der Waals surface area contributed by atoms with Crippen LogP contribution in [0.1, 0.15) is 26.7 Å². The molecule has 0 radical (unpaired) electrons. The molecule has 7 heteroatoms. The molecule has 1 saturated heterocycles. The van der Waals surface area contributed by atoms with Gasteiger partial charge in [-0.15, -0.1) is 0 Å². The number of rotatable bonds is 4. The number of fused-ring (bicyclic) bond motifs is 1. The van der Waals surface area contributed by atoms with Crippen LogP contribution in [0.2, 0.25) is 0 Å². The summed E-state index contributed by atoms with van der Waals surface area (Å²) >= 11 is 0. The number of piperidine rings is 1. The summed E-state index contributed by atoms with van der Waals surface area (Å²) in [6, 6.07) is 12.3. The first-order valence-electron chi connectivity index (χ1n) is 10.5. The maximum Gasteiger partial charge on any atom is 0.328 e. The van der Waals surface area contributed by atoms with Gasteiger partial charge in [-0.1, -0.05) is 0 Å². The number of anilines is 3. The van der Waals surface area contributed by atoms with Crippen molar-refractivity contribution in [2.24, 2.45) is 0 Å². The third kappa shape index (κ3) is 3.92. The lowest BCUT2D eigenvalue weighted by atomic mass is 10.1. The number of pyridine rings is 1. The van der Waals surface area contributed by atoms with Gasteiger partial charge in [-0.3, -0.25) is 4.57 Å². The van der Waals surface area contributed by atoms with Crippen molar-refractivity contribution >= 4 is 34.1 Å². The van der Waals surface area contributed by atoms with E-state index in [-0.39, 0.29) is 6.03 Å². The molecule has 3 heterocycles. The Morgan fingerprint density at radius 2 is 2.00 bits per heavy atom. The Hall–Kier alpha value is -3.22. The number of nitrogen functional groups attached to an aromatic ring is 1. The topological polar surface area (TPSA) is 79.4 Å². The Labute approximate surface area is 177 Å². The maximum absolute atomic E-state index is 13.1. The van der Waals surface area contributed by atoms with Crippen LogP contribution in [0.3, 0.4) is 0 Å². The first-order valence-corrected chi connectivity index (χ1v) is 10.5. The van der Waals surface area contributed by atoms with Crippen LogP contribution in [-0.4, -0.2) is 52.7 Å². The summed E-state index contributed by atoms with van der Waals surface area (Å²) in [6.07, 6.45) is 5.43. The number of hydrogen-bond acceptors (Lipinski definition) is 5. The second kappa shape index (κ2) is 8.26. The minimum Gasteiger partial charge on any atom is -0.399 e. The zero-order valence-corrected chi connectivity index (χ0v) is 17.9.